The number of nitrogens with zero attached hydrogens (tertiary/aromatic N) is 2. The highest BCUT2D eigenvalue weighted by Crippen LogP contribution is 2.07. The highest BCUT2D eigenvalue weighted by molar-refractivity contribution is 5.90. The quantitative estimate of drug-likeness (QED) is 0.481. The minimum atomic E-state index is -1.26. The van der Waals surface area contributed by atoms with Gasteiger partial charge < -0.3 is 25.3 Å². The van der Waals surface area contributed by atoms with E-state index in [9.17, 15) is 19.2 Å². The zero-order chi connectivity index (χ0) is 22.1. The summed E-state index contributed by atoms with van der Waals surface area (Å²) >= 11 is 0. The normalized spacial score (nSPS) is 13.2. The molecule has 0 radical (unpaired) electrons. The Morgan fingerprint density at radius 2 is 1.28 bits per heavy atom. The molecular weight excluding hydrogens is 384 g/mol. The molecule has 0 aromatic carbocycles. The van der Waals surface area contributed by atoms with Gasteiger partial charge in [-0.25, -0.2) is 19.2 Å². The number of pyridine rings is 1. The van der Waals surface area contributed by atoms with E-state index < -0.39 is 23.9 Å². The second kappa shape index (κ2) is 15.5. The summed E-state index contributed by atoms with van der Waals surface area (Å²) in [6.07, 6.45) is 7.96. The number of hydrogen-bond donors (Lipinski definition) is 4. The van der Waals surface area contributed by atoms with Gasteiger partial charge in [0.1, 0.15) is 0 Å². The average Bonchev–Trinajstić information content (AvgIpc) is 3.19. The molecule has 1 aromatic heterocycles. The summed E-state index contributed by atoms with van der Waals surface area (Å²) in [7, 11) is 0. The van der Waals surface area contributed by atoms with Crippen molar-refractivity contribution in [1.29, 1.82) is 0 Å². The monoisotopic (exact) mass is 408 g/mol. The van der Waals surface area contributed by atoms with Crippen LogP contribution in [0.4, 0.5) is 0 Å². The van der Waals surface area contributed by atoms with Crippen molar-refractivity contribution in [2.24, 2.45) is 0 Å². The van der Waals surface area contributed by atoms with Gasteiger partial charge in [0.05, 0.1) is 0 Å². The van der Waals surface area contributed by atoms with Gasteiger partial charge in [-0.3, -0.25) is 4.98 Å². The Hall–Kier alpha value is -3.53. The predicted octanol–water partition coefficient (Wildman–Crippen LogP) is 1.14. The van der Waals surface area contributed by atoms with Crippen molar-refractivity contribution in [3.8, 4) is 0 Å². The van der Waals surface area contributed by atoms with E-state index in [1.807, 2.05) is 12.3 Å². The third-order valence-corrected chi connectivity index (χ3v) is 3.35. The molecule has 0 saturated carbocycles. The van der Waals surface area contributed by atoms with Crippen LogP contribution in [0.5, 0.6) is 0 Å². The number of carboxylic acids is 4. The van der Waals surface area contributed by atoms with Gasteiger partial charge in [-0.2, -0.15) is 0 Å². The second-order valence-electron chi connectivity index (χ2n) is 5.64. The van der Waals surface area contributed by atoms with Crippen molar-refractivity contribution in [2.75, 3.05) is 19.6 Å². The SMILES string of the molecule is O=C(O)C=CC(=O)O.O=C(O)C=CC(=O)O.c1ccc(CCN2CCCC2)nc1. The Kier molecular flexibility index (Phi) is 13.6. The lowest BCUT2D eigenvalue weighted by Gasteiger charge is -2.13. The number of rotatable bonds is 7. The van der Waals surface area contributed by atoms with Crippen LogP contribution in [0, 0.1) is 0 Å². The molecule has 29 heavy (non-hydrogen) atoms. The molecule has 0 amide bonds. The molecule has 0 bridgehead atoms. The van der Waals surface area contributed by atoms with E-state index >= 15 is 0 Å². The van der Waals surface area contributed by atoms with Gasteiger partial charge in [0, 0.05) is 49.2 Å². The summed E-state index contributed by atoms with van der Waals surface area (Å²) in [5.74, 6) is -5.03. The summed E-state index contributed by atoms with van der Waals surface area (Å²) < 4.78 is 0. The molecule has 0 atom stereocenters. The molecule has 1 aliphatic heterocycles. The van der Waals surface area contributed by atoms with E-state index in [2.05, 4.69) is 22.0 Å². The van der Waals surface area contributed by atoms with Gasteiger partial charge in [0.25, 0.3) is 0 Å². The van der Waals surface area contributed by atoms with Crippen LogP contribution in [0.3, 0.4) is 0 Å². The largest absolute Gasteiger partial charge is 0.478 e. The van der Waals surface area contributed by atoms with E-state index in [0.717, 1.165) is 6.42 Å². The molecule has 10 nitrogen and oxygen atoms in total. The average molecular weight is 408 g/mol. The molecular formula is C19H24N2O8. The van der Waals surface area contributed by atoms with Crippen molar-refractivity contribution < 1.29 is 39.6 Å². The lowest BCUT2D eigenvalue weighted by molar-refractivity contribution is -0.134. The number of hydrogen-bond acceptors (Lipinski definition) is 6. The molecule has 4 N–H and O–H groups in total. The number of aliphatic carboxylic acids is 4. The van der Waals surface area contributed by atoms with Crippen LogP contribution >= 0.6 is 0 Å². The van der Waals surface area contributed by atoms with Crippen LogP contribution in [0.15, 0.2) is 48.7 Å². The summed E-state index contributed by atoms with van der Waals surface area (Å²) in [6, 6.07) is 6.14. The lowest BCUT2D eigenvalue weighted by atomic mass is 10.2. The summed E-state index contributed by atoms with van der Waals surface area (Å²) in [5.41, 5.74) is 1.22. The Morgan fingerprint density at radius 3 is 1.62 bits per heavy atom. The van der Waals surface area contributed by atoms with E-state index in [-0.39, 0.29) is 0 Å². The number of aromatic nitrogens is 1. The maximum Gasteiger partial charge on any atom is 0.328 e. The number of likely N-dealkylation sites (tertiary alicyclic amines) is 1. The van der Waals surface area contributed by atoms with Crippen LogP contribution in [-0.2, 0) is 25.6 Å². The number of carboxylic acid groups (broad SMARTS) is 4. The Morgan fingerprint density at radius 1 is 0.828 bits per heavy atom. The van der Waals surface area contributed by atoms with Gasteiger partial charge in [0.2, 0.25) is 0 Å². The lowest BCUT2D eigenvalue weighted by Crippen LogP contribution is -2.22. The molecule has 0 spiro atoms. The molecule has 1 fully saturated rings. The highest BCUT2D eigenvalue weighted by atomic mass is 16.4. The molecule has 0 unspecified atom stereocenters. The first kappa shape index (κ1) is 25.5. The second-order valence-corrected chi connectivity index (χ2v) is 5.64. The molecule has 158 valence electrons. The molecule has 1 aromatic rings. The highest BCUT2D eigenvalue weighted by Gasteiger charge is 2.10. The first-order valence-corrected chi connectivity index (χ1v) is 8.61. The van der Waals surface area contributed by atoms with Crippen molar-refractivity contribution in [1.82, 2.24) is 9.88 Å². The Bertz CT molecular complexity index is 644. The third kappa shape index (κ3) is 17.6. The summed E-state index contributed by atoms with van der Waals surface area (Å²) in [5, 5.41) is 31.2. The predicted molar refractivity (Wildman–Crippen MR) is 102 cm³/mol. The van der Waals surface area contributed by atoms with Gasteiger partial charge >= 0.3 is 23.9 Å². The van der Waals surface area contributed by atoms with Crippen LogP contribution < -0.4 is 0 Å². The van der Waals surface area contributed by atoms with Gasteiger partial charge in [-0.1, -0.05) is 6.07 Å². The Labute approximate surface area is 167 Å². The van der Waals surface area contributed by atoms with Crippen LogP contribution in [0.2, 0.25) is 0 Å². The molecule has 2 rings (SSSR count). The topological polar surface area (TPSA) is 165 Å². The smallest absolute Gasteiger partial charge is 0.328 e. The molecule has 1 saturated heterocycles. The summed E-state index contributed by atoms with van der Waals surface area (Å²) in [4.78, 5) is 45.0. The Balaban J connectivity index is 0.000000432. The fourth-order valence-electron chi connectivity index (χ4n) is 2.11. The zero-order valence-electron chi connectivity index (χ0n) is 15.7. The molecule has 0 aliphatic carbocycles. The van der Waals surface area contributed by atoms with E-state index in [1.165, 1.54) is 38.2 Å². The van der Waals surface area contributed by atoms with Crippen molar-refractivity contribution >= 4 is 23.9 Å². The van der Waals surface area contributed by atoms with Crippen LogP contribution in [0.25, 0.3) is 0 Å². The first-order chi connectivity index (χ1) is 13.7. The molecule has 2 heterocycles. The first-order valence-electron chi connectivity index (χ1n) is 8.61. The van der Waals surface area contributed by atoms with Crippen LogP contribution in [0.1, 0.15) is 18.5 Å². The third-order valence-electron chi connectivity index (χ3n) is 3.35. The van der Waals surface area contributed by atoms with E-state index in [0.29, 0.717) is 24.3 Å². The number of carbonyl (C=O) groups is 4. The minimum absolute atomic E-state index is 0.558. The van der Waals surface area contributed by atoms with Gasteiger partial charge in [0.15, 0.2) is 0 Å². The molecule has 1 aliphatic rings. The fourth-order valence-corrected chi connectivity index (χ4v) is 2.11. The van der Waals surface area contributed by atoms with E-state index in [4.69, 9.17) is 20.4 Å². The van der Waals surface area contributed by atoms with Crippen molar-refractivity contribution in [3.05, 3.63) is 54.4 Å². The minimum Gasteiger partial charge on any atom is -0.478 e. The summed E-state index contributed by atoms with van der Waals surface area (Å²) in [6.45, 7) is 3.75. The van der Waals surface area contributed by atoms with Crippen molar-refractivity contribution in [2.45, 2.75) is 19.3 Å². The molecule has 10 heteroatoms. The van der Waals surface area contributed by atoms with Gasteiger partial charge in [-0.05, 0) is 38.1 Å². The maximum atomic E-state index is 9.55. The van der Waals surface area contributed by atoms with Gasteiger partial charge in [-0.15, -0.1) is 0 Å². The van der Waals surface area contributed by atoms with Crippen molar-refractivity contribution in [3.63, 3.8) is 0 Å². The standard InChI is InChI=1S/C11H16N2.2C4H4O4/c1-2-7-12-11(5-1)6-10-13-8-3-4-9-13;2*5-3(6)1-2-4(7)8/h1-2,5,7H,3-4,6,8-10H2;2*1-2H,(H,5,6)(H,7,8). The maximum absolute atomic E-state index is 9.55. The van der Waals surface area contributed by atoms with Crippen LogP contribution in [-0.4, -0.2) is 73.8 Å². The van der Waals surface area contributed by atoms with E-state index in [1.54, 1.807) is 0 Å². The fraction of sp³-hybridized carbons (Fsp3) is 0.316. The zero-order valence-corrected chi connectivity index (χ0v) is 15.7.